The fraction of sp³-hybridized carbons (Fsp3) is 0. The van der Waals surface area contributed by atoms with Crippen molar-refractivity contribution in [3.05, 3.63) is 91.0 Å². The highest BCUT2D eigenvalue weighted by Crippen LogP contribution is 2.40. The zero-order valence-corrected chi connectivity index (χ0v) is 16.9. The quantitative estimate of drug-likeness (QED) is 0.329. The third-order valence-electron chi connectivity index (χ3n) is 5.41. The second-order valence-corrected chi connectivity index (χ2v) is 9.93. The average Bonchev–Trinajstić information content (AvgIpc) is 3.28. The molecule has 6 aromatic rings. The Balaban J connectivity index is 1.81. The molecule has 2 aromatic heterocycles. The van der Waals surface area contributed by atoms with Gasteiger partial charge in [0.1, 0.15) is 0 Å². The molecular formula is C24H15NO2S2. The molecule has 0 radical (unpaired) electrons. The number of rotatable bonds is 2. The Labute approximate surface area is 171 Å². The van der Waals surface area contributed by atoms with Crippen LogP contribution in [-0.2, 0) is 10.0 Å². The Morgan fingerprint density at radius 1 is 0.586 bits per heavy atom. The molecule has 5 heteroatoms. The summed E-state index contributed by atoms with van der Waals surface area (Å²) >= 11 is 1.69. The summed E-state index contributed by atoms with van der Waals surface area (Å²) in [5, 5.41) is 4.27. The van der Waals surface area contributed by atoms with Crippen LogP contribution < -0.4 is 0 Å². The summed E-state index contributed by atoms with van der Waals surface area (Å²) in [6, 6.07) is 28.8. The minimum atomic E-state index is -3.73. The second kappa shape index (κ2) is 5.92. The molecule has 0 saturated heterocycles. The lowest BCUT2D eigenvalue weighted by atomic mass is 10.1. The van der Waals surface area contributed by atoms with Gasteiger partial charge in [0.2, 0.25) is 0 Å². The fourth-order valence-corrected chi connectivity index (χ4v) is 6.77. The van der Waals surface area contributed by atoms with Gasteiger partial charge in [0.15, 0.2) is 0 Å². The van der Waals surface area contributed by atoms with E-state index in [0.717, 1.165) is 20.9 Å². The van der Waals surface area contributed by atoms with Crippen LogP contribution in [0.3, 0.4) is 0 Å². The zero-order chi connectivity index (χ0) is 19.6. The first-order valence-corrected chi connectivity index (χ1v) is 11.6. The van der Waals surface area contributed by atoms with E-state index < -0.39 is 10.0 Å². The minimum absolute atomic E-state index is 0.291. The number of para-hydroxylation sites is 1. The highest BCUT2D eigenvalue weighted by Gasteiger charge is 2.23. The van der Waals surface area contributed by atoms with Gasteiger partial charge < -0.3 is 0 Å². The highest BCUT2D eigenvalue weighted by atomic mass is 32.2. The molecule has 0 spiro atoms. The Kier molecular flexibility index (Phi) is 3.43. The molecule has 29 heavy (non-hydrogen) atoms. The normalized spacial score (nSPS) is 12.4. The Morgan fingerprint density at radius 2 is 1.28 bits per heavy atom. The SMILES string of the molecule is O=S(=O)(c1ccccc1)n1c2ccccc2c2cc3c(cc21)sc1ccccc13. The van der Waals surface area contributed by atoms with Crippen molar-refractivity contribution in [3.63, 3.8) is 0 Å². The number of aromatic nitrogens is 1. The summed E-state index contributed by atoms with van der Waals surface area (Å²) < 4.78 is 31.0. The Hall–Kier alpha value is -3.15. The number of hydrogen-bond acceptors (Lipinski definition) is 3. The first-order valence-electron chi connectivity index (χ1n) is 9.30. The smallest absolute Gasteiger partial charge is 0.233 e. The molecule has 0 atom stereocenters. The van der Waals surface area contributed by atoms with Gasteiger partial charge in [0.25, 0.3) is 10.0 Å². The summed E-state index contributed by atoms with van der Waals surface area (Å²) in [5.74, 6) is 0. The summed E-state index contributed by atoms with van der Waals surface area (Å²) in [5.41, 5.74) is 1.42. The molecule has 0 fully saturated rings. The van der Waals surface area contributed by atoms with Gasteiger partial charge in [-0.25, -0.2) is 12.4 Å². The largest absolute Gasteiger partial charge is 0.268 e. The van der Waals surface area contributed by atoms with Gasteiger partial charge in [-0.1, -0.05) is 54.6 Å². The zero-order valence-electron chi connectivity index (χ0n) is 15.2. The van der Waals surface area contributed by atoms with Crippen LogP contribution in [0, 0.1) is 0 Å². The minimum Gasteiger partial charge on any atom is -0.233 e. The van der Waals surface area contributed by atoms with Gasteiger partial charge in [0.05, 0.1) is 15.9 Å². The lowest BCUT2D eigenvalue weighted by Gasteiger charge is -2.09. The van der Waals surface area contributed by atoms with Gasteiger partial charge in [-0.15, -0.1) is 11.3 Å². The maximum absolute atomic E-state index is 13.6. The molecule has 0 amide bonds. The van der Waals surface area contributed by atoms with Crippen molar-refractivity contribution in [2.45, 2.75) is 4.90 Å². The predicted molar refractivity (Wildman–Crippen MR) is 121 cm³/mol. The van der Waals surface area contributed by atoms with Gasteiger partial charge in [-0.3, -0.25) is 0 Å². The van der Waals surface area contributed by atoms with E-state index in [4.69, 9.17) is 0 Å². The van der Waals surface area contributed by atoms with Crippen LogP contribution in [0.15, 0.2) is 95.9 Å². The van der Waals surface area contributed by atoms with E-state index in [1.54, 1.807) is 35.6 Å². The molecule has 140 valence electrons. The van der Waals surface area contributed by atoms with Crippen molar-refractivity contribution in [2.24, 2.45) is 0 Å². The van der Waals surface area contributed by atoms with Crippen LogP contribution in [0.1, 0.15) is 0 Å². The van der Waals surface area contributed by atoms with E-state index in [2.05, 4.69) is 18.2 Å². The Morgan fingerprint density at radius 3 is 2.10 bits per heavy atom. The maximum Gasteiger partial charge on any atom is 0.268 e. The number of nitrogens with zero attached hydrogens (tertiary/aromatic N) is 1. The summed E-state index contributed by atoms with van der Waals surface area (Å²) in [6.45, 7) is 0. The van der Waals surface area contributed by atoms with Gasteiger partial charge in [-0.05, 0) is 36.4 Å². The highest BCUT2D eigenvalue weighted by molar-refractivity contribution is 7.90. The molecule has 3 nitrogen and oxygen atoms in total. The molecule has 6 rings (SSSR count). The van der Waals surface area contributed by atoms with E-state index in [1.165, 1.54) is 14.1 Å². The maximum atomic E-state index is 13.6. The molecule has 0 bridgehead atoms. The first kappa shape index (κ1) is 16.8. The third-order valence-corrected chi connectivity index (χ3v) is 8.28. The average molecular weight is 414 g/mol. The lowest BCUT2D eigenvalue weighted by molar-refractivity contribution is 0.590. The third kappa shape index (κ3) is 2.32. The lowest BCUT2D eigenvalue weighted by Crippen LogP contribution is -2.12. The van der Waals surface area contributed by atoms with E-state index >= 15 is 0 Å². The molecule has 0 aliphatic heterocycles. The topological polar surface area (TPSA) is 39.1 Å². The monoisotopic (exact) mass is 413 g/mol. The molecule has 0 unspecified atom stereocenters. The molecule has 4 aromatic carbocycles. The van der Waals surface area contributed by atoms with Crippen molar-refractivity contribution in [1.29, 1.82) is 0 Å². The van der Waals surface area contributed by atoms with E-state index in [0.29, 0.717) is 15.9 Å². The van der Waals surface area contributed by atoms with Gasteiger partial charge >= 0.3 is 0 Å². The first-order chi connectivity index (χ1) is 14.1. The number of benzene rings is 4. The van der Waals surface area contributed by atoms with Crippen LogP contribution >= 0.6 is 11.3 Å². The van der Waals surface area contributed by atoms with E-state index in [9.17, 15) is 8.42 Å². The van der Waals surface area contributed by atoms with Crippen LogP contribution in [0.25, 0.3) is 42.0 Å². The molecule has 0 aliphatic carbocycles. The molecule has 0 aliphatic rings. The van der Waals surface area contributed by atoms with Crippen LogP contribution in [0.4, 0.5) is 0 Å². The van der Waals surface area contributed by atoms with Gasteiger partial charge in [0, 0.05) is 30.9 Å². The molecule has 0 N–H and O–H groups in total. The summed E-state index contributed by atoms with van der Waals surface area (Å²) in [4.78, 5) is 0.291. The van der Waals surface area contributed by atoms with Crippen molar-refractivity contribution in [3.8, 4) is 0 Å². The van der Waals surface area contributed by atoms with Gasteiger partial charge in [-0.2, -0.15) is 0 Å². The molecular weight excluding hydrogens is 398 g/mol. The Bertz CT molecular complexity index is 1660. The van der Waals surface area contributed by atoms with Crippen LogP contribution in [0.5, 0.6) is 0 Å². The number of fused-ring (bicyclic) bond motifs is 6. The van der Waals surface area contributed by atoms with E-state index in [1.807, 2.05) is 48.5 Å². The molecule has 0 saturated carbocycles. The number of thiophene rings is 1. The molecule has 2 heterocycles. The van der Waals surface area contributed by atoms with Crippen molar-refractivity contribution in [1.82, 2.24) is 3.97 Å². The second-order valence-electron chi connectivity index (χ2n) is 7.06. The number of hydrogen-bond donors (Lipinski definition) is 0. The van der Waals surface area contributed by atoms with Crippen molar-refractivity contribution < 1.29 is 8.42 Å². The predicted octanol–water partition coefficient (Wildman–Crippen LogP) is 6.40. The standard InChI is InChI=1S/C24H15NO2S2/c26-29(27,16-8-2-1-3-9-16)25-21-12-6-4-10-17(21)19-14-20-18-11-5-7-13-23(18)28-24(20)15-22(19)25/h1-15H. The van der Waals surface area contributed by atoms with Crippen LogP contribution in [0.2, 0.25) is 0 Å². The van der Waals surface area contributed by atoms with E-state index in [-0.39, 0.29) is 0 Å². The fourth-order valence-electron chi connectivity index (χ4n) is 4.11. The van der Waals surface area contributed by atoms with Crippen LogP contribution in [-0.4, -0.2) is 12.4 Å². The van der Waals surface area contributed by atoms with Crippen molar-refractivity contribution >= 4 is 63.3 Å². The summed E-state index contributed by atoms with van der Waals surface area (Å²) in [7, 11) is -3.73. The summed E-state index contributed by atoms with van der Waals surface area (Å²) in [6.07, 6.45) is 0. The van der Waals surface area contributed by atoms with Crippen molar-refractivity contribution in [2.75, 3.05) is 0 Å².